The van der Waals surface area contributed by atoms with E-state index in [1.54, 1.807) is 16.3 Å². The Balaban J connectivity index is 1.52. The molecule has 0 aliphatic rings. The SMILES string of the molecule is CCCc1cc(Sc2ccc(NC(=O)c3ccccc3C)cc2)n2ncnc2n1. The summed E-state index contributed by atoms with van der Waals surface area (Å²) >= 11 is 1.60. The quantitative estimate of drug-likeness (QED) is 0.469. The summed E-state index contributed by atoms with van der Waals surface area (Å²) in [5.74, 6) is 0.506. The van der Waals surface area contributed by atoms with Crippen LogP contribution in [0.3, 0.4) is 0 Å². The first-order chi connectivity index (χ1) is 14.1. The largest absolute Gasteiger partial charge is 0.322 e. The van der Waals surface area contributed by atoms with Crippen LogP contribution in [0, 0.1) is 6.92 Å². The third-order valence-corrected chi connectivity index (χ3v) is 5.51. The number of anilines is 1. The van der Waals surface area contributed by atoms with Gasteiger partial charge in [-0.25, -0.2) is 4.98 Å². The van der Waals surface area contributed by atoms with Crippen molar-refractivity contribution in [3.8, 4) is 0 Å². The maximum atomic E-state index is 12.5. The smallest absolute Gasteiger partial charge is 0.255 e. The Kier molecular flexibility index (Phi) is 5.57. The van der Waals surface area contributed by atoms with E-state index < -0.39 is 0 Å². The number of hydrogen-bond acceptors (Lipinski definition) is 5. The fraction of sp³-hybridized carbons (Fsp3) is 0.182. The zero-order chi connectivity index (χ0) is 20.2. The van der Waals surface area contributed by atoms with Gasteiger partial charge in [0.05, 0.1) is 0 Å². The van der Waals surface area contributed by atoms with Gasteiger partial charge in [0.25, 0.3) is 11.7 Å². The third-order valence-electron chi connectivity index (χ3n) is 4.50. The summed E-state index contributed by atoms with van der Waals surface area (Å²) in [5.41, 5.74) is 3.40. The van der Waals surface area contributed by atoms with E-state index in [1.165, 1.54) is 6.33 Å². The lowest BCUT2D eigenvalue weighted by molar-refractivity contribution is 0.102. The molecule has 2 aromatic heterocycles. The van der Waals surface area contributed by atoms with Crippen LogP contribution in [0.25, 0.3) is 5.78 Å². The highest BCUT2D eigenvalue weighted by Crippen LogP contribution is 2.29. The summed E-state index contributed by atoms with van der Waals surface area (Å²) in [6.07, 6.45) is 3.45. The molecule has 2 heterocycles. The second kappa shape index (κ2) is 8.45. The molecule has 0 spiro atoms. The summed E-state index contributed by atoms with van der Waals surface area (Å²) in [6.45, 7) is 4.06. The molecule has 146 valence electrons. The summed E-state index contributed by atoms with van der Waals surface area (Å²) < 4.78 is 1.75. The van der Waals surface area contributed by atoms with Gasteiger partial charge in [0.15, 0.2) is 0 Å². The number of hydrogen-bond donors (Lipinski definition) is 1. The fourth-order valence-electron chi connectivity index (χ4n) is 3.04. The molecule has 7 heteroatoms. The van der Waals surface area contributed by atoms with Crippen LogP contribution in [-0.2, 0) is 6.42 Å². The van der Waals surface area contributed by atoms with Crippen molar-refractivity contribution < 1.29 is 4.79 Å². The molecule has 0 bridgehead atoms. The standard InChI is InChI=1S/C22H21N5OS/c1-3-6-17-13-20(27-22(26-17)23-14-24-27)29-18-11-9-16(10-12-18)25-21(28)19-8-5-4-7-15(19)2/h4-5,7-14H,3,6H2,1-2H3,(H,25,28). The van der Waals surface area contributed by atoms with Crippen molar-refractivity contribution in [1.82, 2.24) is 19.6 Å². The molecule has 0 saturated carbocycles. The summed E-state index contributed by atoms with van der Waals surface area (Å²) in [4.78, 5) is 22.3. The molecule has 0 atom stereocenters. The normalized spacial score (nSPS) is 11.0. The number of aromatic nitrogens is 4. The lowest BCUT2D eigenvalue weighted by Crippen LogP contribution is -2.13. The van der Waals surface area contributed by atoms with Gasteiger partial charge in [-0.1, -0.05) is 43.3 Å². The van der Waals surface area contributed by atoms with Gasteiger partial charge in [0.2, 0.25) is 0 Å². The fourth-order valence-corrected chi connectivity index (χ4v) is 3.97. The summed E-state index contributed by atoms with van der Waals surface area (Å²) in [7, 11) is 0. The minimum atomic E-state index is -0.105. The highest BCUT2D eigenvalue weighted by atomic mass is 32.2. The Morgan fingerprint density at radius 1 is 1.14 bits per heavy atom. The second-order valence-corrected chi connectivity index (χ2v) is 7.80. The van der Waals surface area contributed by atoms with E-state index >= 15 is 0 Å². The first-order valence-corrected chi connectivity index (χ1v) is 10.3. The molecule has 0 saturated heterocycles. The Bertz CT molecular complexity index is 1150. The van der Waals surface area contributed by atoms with Crippen LogP contribution >= 0.6 is 11.8 Å². The number of aryl methyl sites for hydroxylation is 2. The predicted octanol–water partition coefficient (Wildman–Crippen LogP) is 4.79. The van der Waals surface area contributed by atoms with Gasteiger partial charge in [-0.05, 0) is 55.3 Å². The van der Waals surface area contributed by atoms with E-state index in [1.807, 2.05) is 55.5 Å². The van der Waals surface area contributed by atoms with Crippen molar-refractivity contribution in [2.24, 2.45) is 0 Å². The molecule has 6 nitrogen and oxygen atoms in total. The average Bonchev–Trinajstić information content (AvgIpc) is 3.19. The molecule has 1 N–H and O–H groups in total. The van der Waals surface area contributed by atoms with E-state index in [2.05, 4.69) is 33.4 Å². The van der Waals surface area contributed by atoms with Crippen molar-refractivity contribution in [3.05, 3.63) is 77.7 Å². The first kappa shape index (κ1) is 19.1. The van der Waals surface area contributed by atoms with Crippen LogP contribution in [0.5, 0.6) is 0 Å². The van der Waals surface area contributed by atoms with Crippen LogP contribution in [0.1, 0.15) is 35.0 Å². The molecule has 4 aromatic rings. The number of fused-ring (bicyclic) bond motifs is 1. The highest BCUT2D eigenvalue weighted by molar-refractivity contribution is 7.99. The van der Waals surface area contributed by atoms with Crippen molar-refractivity contribution in [2.75, 3.05) is 5.32 Å². The van der Waals surface area contributed by atoms with Gasteiger partial charge in [-0.3, -0.25) is 4.79 Å². The maximum absolute atomic E-state index is 12.5. The maximum Gasteiger partial charge on any atom is 0.255 e. The zero-order valence-corrected chi connectivity index (χ0v) is 17.1. The number of carbonyl (C=O) groups excluding carboxylic acids is 1. The molecule has 1 amide bonds. The Labute approximate surface area is 173 Å². The van der Waals surface area contributed by atoms with E-state index in [-0.39, 0.29) is 5.91 Å². The lowest BCUT2D eigenvalue weighted by Gasteiger charge is -2.09. The number of rotatable bonds is 6. The number of nitrogens with one attached hydrogen (secondary N) is 1. The van der Waals surface area contributed by atoms with Crippen LogP contribution in [0.2, 0.25) is 0 Å². The molecule has 0 aliphatic carbocycles. The monoisotopic (exact) mass is 403 g/mol. The Morgan fingerprint density at radius 3 is 2.69 bits per heavy atom. The van der Waals surface area contributed by atoms with E-state index in [0.717, 1.165) is 39.7 Å². The van der Waals surface area contributed by atoms with Gasteiger partial charge in [-0.2, -0.15) is 14.6 Å². The van der Waals surface area contributed by atoms with Crippen LogP contribution in [-0.4, -0.2) is 25.5 Å². The van der Waals surface area contributed by atoms with Crippen LogP contribution < -0.4 is 5.32 Å². The van der Waals surface area contributed by atoms with Gasteiger partial charge < -0.3 is 5.32 Å². The molecule has 2 aromatic carbocycles. The van der Waals surface area contributed by atoms with Crippen LogP contribution in [0.15, 0.2) is 70.8 Å². The van der Waals surface area contributed by atoms with E-state index in [0.29, 0.717) is 11.3 Å². The molecule has 0 aliphatic heterocycles. The molecular weight excluding hydrogens is 382 g/mol. The zero-order valence-electron chi connectivity index (χ0n) is 16.3. The van der Waals surface area contributed by atoms with Gasteiger partial charge in [-0.15, -0.1) is 0 Å². The van der Waals surface area contributed by atoms with Crippen molar-refractivity contribution in [3.63, 3.8) is 0 Å². The van der Waals surface area contributed by atoms with Crippen molar-refractivity contribution in [2.45, 2.75) is 36.6 Å². The van der Waals surface area contributed by atoms with Crippen molar-refractivity contribution >= 4 is 29.1 Å². The minimum Gasteiger partial charge on any atom is -0.322 e. The minimum absolute atomic E-state index is 0.105. The third kappa shape index (κ3) is 4.30. The highest BCUT2D eigenvalue weighted by Gasteiger charge is 2.11. The molecular formula is C22H21N5OS. The molecule has 29 heavy (non-hydrogen) atoms. The number of carbonyl (C=O) groups is 1. The van der Waals surface area contributed by atoms with Crippen molar-refractivity contribution in [1.29, 1.82) is 0 Å². The van der Waals surface area contributed by atoms with Crippen LogP contribution in [0.4, 0.5) is 5.69 Å². The number of amides is 1. The molecule has 0 radical (unpaired) electrons. The Morgan fingerprint density at radius 2 is 1.93 bits per heavy atom. The Hall–Kier alpha value is -3.19. The van der Waals surface area contributed by atoms with Gasteiger partial charge in [0.1, 0.15) is 11.4 Å². The van der Waals surface area contributed by atoms with E-state index in [4.69, 9.17) is 0 Å². The summed E-state index contributed by atoms with van der Waals surface area (Å²) in [6, 6.07) is 17.4. The lowest BCUT2D eigenvalue weighted by atomic mass is 10.1. The first-order valence-electron chi connectivity index (χ1n) is 9.48. The predicted molar refractivity (Wildman–Crippen MR) is 114 cm³/mol. The van der Waals surface area contributed by atoms with Gasteiger partial charge >= 0.3 is 0 Å². The number of nitrogens with zero attached hydrogens (tertiary/aromatic N) is 4. The molecule has 0 fully saturated rings. The topological polar surface area (TPSA) is 72.2 Å². The molecule has 0 unspecified atom stereocenters. The summed E-state index contributed by atoms with van der Waals surface area (Å²) in [5, 5.41) is 8.20. The second-order valence-electron chi connectivity index (χ2n) is 6.70. The number of benzene rings is 2. The van der Waals surface area contributed by atoms with Gasteiger partial charge in [0, 0.05) is 21.8 Å². The average molecular weight is 404 g/mol. The molecule has 4 rings (SSSR count). The van der Waals surface area contributed by atoms with E-state index in [9.17, 15) is 4.79 Å².